The first-order valence-electron chi connectivity index (χ1n) is 16.9. The van der Waals surface area contributed by atoms with E-state index < -0.39 is 42.7 Å². The molecule has 12 atom stereocenters. The molecule has 0 spiro atoms. The molecule has 5 saturated heterocycles. The first kappa shape index (κ1) is 31.7. The fraction of sp³-hybridized carbons (Fsp3) is 0.844. The Bertz CT molecular complexity index is 1110. The van der Waals surface area contributed by atoms with Crippen LogP contribution in [0.1, 0.15) is 65.7 Å². The molecule has 5 aliphatic heterocycles. The molecule has 12 heteroatoms. The van der Waals surface area contributed by atoms with Gasteiger partial charge in [0.25, 0.3) is 0 Å². The SMILES string of the molecule is C=CC(=O)N1CCN(C2NC(=O)N3C4NC(C(F)CC42)C2C(F)CCCC2NC(=O)CCC2CCNC(C(C)C)C23)[C@@H](C)C1. The lowest BCUT2D eigenvalue weighted by Gasteiger charge is -2.60. The zero-order chi connectivity index (χ0) is 31.3. The highest BCUT2D eigenvalue weighted by Gasteiger charge is 2.57. The van der Waals surface area contributed by atoms with Crippen LogP contribution in [0, 0.1) is 23.7 Å². The average Bonchev–Trinajstić information content (AvgIpc) is 2.99. The second kappa shape index (κ2) is 12.8. The second-order valence-electron chi connectivity index (χ2n) is 14.4. The highest BCUT2D eigenvalue weighted by Crippen LogP contribution is 2.43. The van der Waals surface area contributed by atoms with Gasteiger partial charge < -0.3 is 25.8 Å². The van der Waals surface area contributed by atoms with E-state index in [0.29, 0.717) is 51.7 Å². The Hall–Kier alpha value is -2.31. The Morgan fingerprint density at radius 2 is 1.84 bits per heavy atom. The highest BCUT2D eigenvalue weighted by molar-refractivity contribution is 5.87. The minimum Gasteiger partial charge on any atom is -0.353 e. The van der Waals surface area contributed by atoms with Crippen molar-refractivity contribution < 1.29 is 23.2 Å². The van der Waals surface area contributed by atoms with Gasteiger partial charge in [-0.1, -0.05) is 20.4 Å². The van der Waals surface area contributed by atoms with Crippen molar-refractivity contribution in [2.24, 2.45) is 23.7 Å². The standard InChI is InChI=1S/C32H51F2N7O3/c1-5-25(43)39-13-14-40(18(4)16-39)30-20-15-22(34)28-26-21(33)7-6-8-23(26)36-24(42)10-9-19-11-12-35-27(17(2)3)29(19)41(31(20)37-28)32(44)38-30/h5,17-23,26-31,35,37H,1,6-16H2,2-4H3,(H,36,42)(H,38,44)/t18-,19?,20?,21?,22?,23?,26?,27?,28?,29?,30?,31?/m0/s1. The Balaban J connectivity index is 1.39. The summed E-state index contributed by atoms with van der Waals surface area (Å²) in [5.41, 5.74) is 0. The van der Waals surface area contributed by atoms with Gasteiger partial charge in [-0.25, -0.2) is 13.6 Å². The molecule has 246 valence electrons. The highest BCUT2D eigenvalue weighted by atomic mass is 19.1. The van der Waals surface area contributed by atoms with E-state index in [9.17, 15) is 14.4 Å². The van der Waals surface area contributed by atoms with Crippen LogP contribution in [-0.2, 0) is 9.59 Å². The van der Waals surface area contributed by atoms with Crippen LogP contribution < -0.4 is 21.3 Å². The van der Waals surface area contributed by atoms with Crippen LogP contribution in [0.4, 0.5) is 13.6 Å². The molecule has 5 heterocycles. The Morgan fingerprint density at radius 3 is 2.57 bits per heavy atom. The quantitative estimate of drug-likeness (QED) is 0.361. The molecule has 0 aromatic carbocycles. The van der Waals surface area contributed by atoms with Crippen molar-refractivity contribution >= 4 is 17.8 Å². The lowest BCUT2D eigenvalue weighted by Crippen LogP contribution is -2.80. The lowest BCUT2D eigenvalue weighted by molar-refractivity contribution is -0.133. The molecule has 1 saturated carbocycles. The van der Waals surface area contributed by atoms with Gasteiger partial charge in [-0.05, 0) is 69.9 Å². The van der Waals surface area contributed by atoms with E-state index in [1.54, 1.807) is 4.90 Å². The molecule has 4 N–H and O–H groups in total. The molecule has 6 rings (SSSR count). The molecule has 11 unspecified atom stereocenters. The Labute approximate surface area is 260 Å². The van der Waals surface area contributed by atoms with E-state index in [4.69, 9.17) is 0 Å². The fourth-order valence-corrected chi connectivity index (χ4v) is 9.47. The topological polar surface area (TPSA) is 109 Å². The number of halogens is 2. The van der Waals surface area contributed by atoms with Gasteiger partial charge in [0.1, 0.15) is 12.3 Å². The van der Waals surface area contributed by atoms with Gasteiger partial charge in [-0.2, -0.15) is 0 Å². The maximum atomic E-state index is 16.5. The Morgan fingerprint density at radius 1 is 1.05 bits per heavy atom. The minimum atomic E-state index is -1.35. The largest absolute Gasteiger partial charge is 0.353 e. The third-order valence-electron chi connectivity index (χ3n) is 11.6. The van der Waals surface area contributed by atoms with Crippen molar-refractivity contribution in [1.29, 1.82) is 0 Å². The van der Waals surface area contributed by atoms with Gasteiger partial charge in [-0.15, -0.1) is 0 Å². The lowest BCUT2D eigenvalue weighted by atomic mass is 9.71. The molecule has 0 aromatic heterocycles. The summed E-state index contributed by atoms with van der Waals surface area (Å²) >= 11 is 0. The van der Waals surface area contributed by atoms with Crippen LogP contribution in [0.25, 0.3) is 0 Å². The summed E-state index contributed by atoms with van der Waals surface area (Å²) in [7, 11) is 0. The Kier molecular flexibility index (Phi) is 9.23. The summed E-state index contributed by atoms with van der Waals surface area (Å²) in [4.78, 5) is 45.9. The summed E-state index contributed by atoms with van der Waals surface area (Å²) in [6.07, 6.45) is 1.36. The smallest absolute Gasteiger partial charge is 0.320 e. The number of piperazine rings is 1. The van der Waals surface area contributed by atoms with Crippen LogP contribution in [0.5, 0.6) is 0 Å². The number of piperidine rings is 2. The number of fused-ring (bicyclic) bond motifs is 5. The number of amides is 4. The maximum Gasteiger partial charge on any atom is 0.320 e. The van der Waals surface area contributed by atoms with Crippen molar-refractivity contribution in [3.05, 3.63) is 12.7 Å². The molecule has 0 aromatic rings. The molecule has 1 aliphatic carbocycles. The van der Waals surface area contributed by atoms with E-state index in [0.717, 1.165) is 13.0 Å². The minimum absolute atomic E-state index is 0.00483. The van der Waals surface area contributed by atoms with Crippen LogP contribution in [-0.4, -0.2) is 114 Å². The number of urea groups is 1. The van der Waals surface area contributed by atoms with Crippen LogP contribution in [0.3, 0.4) is 0 Å². The molecule has 44 heavy (non-hydrogen) atoms. The molecule has 4 amide bonds. The van der Waals surface area contributed by atoms with Gasteiger partial charge in [0.2, 0.25) is 11.8 Å². The van der Waals surface area contributed by atoms with Gasteiger partial charge in [0, 0.05) is 62.1 Å². The van der Waals surface area contributed by atoms with E-state index in [-0.39, 0.29) is 60.1 Å². The van der Waals surface area contributed by atoms with E-state index in [1.807, 2.05) is 11.8 Å². The number of nitrogens with one attached hydrogen (secondary N) is 4. The maximum absolute atomic E-state index is 16.5. The summed E-state index contributed by atoms with van der Waals surface area (Å²) in [6, 6.07) is -1.75. The number of rotatable bonds is 3. The average molecular weight is 620 g/mol. The summed E-state index contributed by atoms with van der Waals surface area (Å²) < 4.78 is 32.3. The molecule has 0 radical (unpaired) electrons. The van der Waals surface area contributed by atoms with Gasteiger partial charge in [0.05, 0.1) is 18.4 Å². The summed E-state index contributed by atoms with van der Waals surface area (Å²) in [5.74, 6) is -0.928. The number of hydrogen-bond acceptors (Lipinski definition) is 6. The molecule has 6 fully saturated rings. The molecular formula is C32H51F2N7O3. The van der Waals surface area contributed by atoms with Crippen LogP contribution >= 0.6 is 0 Å². The number of alkyl halides is 2. The van der Waals surface area contributed by atoms with Gasteiger partial charge >= 0.3 is 6.03 Å². The van der Waals surface area contributed by atoms with Crippen molar-refractivity contribution in [3.63, 3.8) is 0 Å². The molecule has 6 aliphatic rings. The number of carbonyl (C=O) groups is 3. The van der Waals surface area contributed by atoms with Crippen molar-refractivity contribution in [2.45, 2.75) is 121 Å². The zero-order valence-electron chi connectivity index (χ0n) is 26.4. The fourth-order valence-electron chi connectivity index (χ4n) is 9.47. The zero-order valence-corrected chi connectivity index (χ0v) is 26.4. The van der Waals surface area contributed by atoms with E-state index >= 15 is 8.78 Å². The number of nitrogens with zero attached hydrogens (tertiary/aromatic N) is 3. The molecule has 10 nitrogen and oxygen atoms in total. The summed E-state index contributed by atoms with van der Waals surface area (Å²) in [6.45, 7) is 12.3. The van der Waals surface area contributed by atoms with Crippen molar-refractivity contribution in [2.75, 3.05) is 26.2 Å². The number of hydrogen-bond donors (Lipinski definition) is 4. The summed E-state index contributed by atoms with van der Waals surface area (Å²) in [5, 5.41) is 13.7. The van der Waals surface area contributed by atoms with E-state index in [2.05, 4.69) is 46.6 Å². The molecular weight excluding hydrogens is 568 g/mol. The third-order valence-corrected chi connectivity index (χ3v) is 11.6. The van der Waals surface area contributed by atoms with Crippen LogP contribution in [0.2, 0.25) is 0 Å². The normalized spacial score (nSPS) is 43.5. The third kappa shape index (κ3) is 5.75. The monoisotopic (exact) mass is 619 g/mol. The van der Waals surface area contributed by atoms with Gasteiger partial charge in [0.15, 0.2) is 0 Å². The number of carbonyl (C=O) groups excluding carboxylic acids is 3. The van der Waals surface area contributed by atoms with E-state index in [1.165, 1.54) is 6.08 Å². The van der Waals surface area contributed by atoms with Crippen molar-refractivity contribution in [3.8, 4) is 0 Å². The molecule has 2 bridgehead atoms. The predicted octanol–water partition coefficient (Wildman–Crippen LogP) is 2.12. The van der Waals surface area contributed by atoms with Gasteiger partial charge in [-0.3, -0.25) is 19.8 Å². The first-order valence-corrected chi connectivity index (χ1v) is 16.9. The second-order valence-corrected chi connectivity index (χ2v) is 14.4. The van der Waals surface area contributed by atoms with Crippen molar-refractivity contribution in [1.82, 2.24) is 36.0 Å². The predicted molar refractivity (Wildman–Crippen MR) is 163 cm³/mol. The van der Waals surface area contributed by atoms with Crippen LogP contribution in [0.15, 0.2) is 12.7 Å². The first-order chi connectivity index (χ1) is 21.1.